The van der Waals surface area contributed by atoms with E-state index in [0.29, 0.717) is 26.3 Å². The maximum atomic E-state index is 13.9. The molecule has 0 spiro atoms. The molecular weight excluding hydrogens is 323 g/mol. The third-order valence-corrected chi connectivity index (χ3v) is 6.30. The highest BCUT2D eigenvalue weighted by Crippen LogP contribution is 2.27. The van der Waals surface area contributed by atoms with Gasteiger partial charge in [0.15, 0.2) is 11.6 Å². The van der Waals surface area contributed by atoms with Crippen LogP contribution in [0.2, 0.25) is 0 Å². The quantitative estimate of drug-likeness (QED) is 0.811. The highest BCUT2D eigenvalue weighted by molar-refractivity contribution is 7.89. The standard InChI is InChI=1S/C15H21FN2O4S/c1-17-6-11-7-18(8-12(17)10-22-9-11)23(19,20)13-3-4-15(21-2)14(16)5-13/h3-5,11-12H,6-10H2,1-2H3/t11-,12+/m1/s1. The second kappa shape index (κ2) is 6.35. The lowest BCUT2D eigenvalue weighted by Crippen LogP contribution is -2.44. The Morgan fingerprint density at radius 2 is 2.04 bits per heavy atom. The molecule has 1 aromatic rings. The van der Waals surface area contributed by atoms with Crippen molar-refractivity contribution in [2.24, 2.45) is 5.92 Å². The fourth-order valence-electron chi connectivity index (χ4n) is 3.16. The van der Waals surface area contributed by atoms with Gasteiger partial charge < -0.3 is 9.47 Å². The Kier molecular flexibility index (Phi) is 4.59. The van der Waals surface area contributed by atoms with Crippen LogP contribution < -0.4 is 4.74 Å². The summed E-state index contributed by atoms with van der Waals surface area (Å²) < 4.78 is 51.6. The van der Waals surface area contributed by atoms with Crippen LogP contribution in [0.15, 0.2) is 23.1 Å². The van der Waals surface area contributed by atoms with Crippen LogP contribution in [0.1, 0.15) is 0 Å². The first kappa shape index (κ1) is 16.6. The Labute approximate surface area is 135 Å². The molecule has 2 atom stereocenters. The summed E-state index contributed by atoms with van der Waals surface area (Å²) in [7, 11) is -0.415. The van der Waals surface area contributed by atoms with Gasteiger partial charge in [0.2, 0.25) is 10.0 Å². The lowest BCUT2D eigenvalue weighted by Gasteiger charge is -2.29. The normalized spacial score (nSPS) is 26.7. The van der Waals surface area contributed by atoms with Gasteiger partial charge in [-0.2, -0.15) is 4.31 Å². The summed E-state index contributed by atoms with van der Waals surface area (Å²) in [6, 6.07) is 3.77. The summed E-state index contributed by atoms with van der Waals surface area (Å²) in [5, 5.41) is 0. The van der Waals surface area contributed by atoms with E-state index in [0.717, 1.165) is 12.6 Å². The first-order valence-electron chi connectivity index (χ1n) is 7.53. The molecule has 0 N–H and O–H groups in total. The Hall–Kier alpha value is -1.22. The molecule has 3 rings (SSSR count). The molecule has 0 saturated carbocycles. The van der Waals surface area contributed by atoms with Crippen molar-refractivity contribution in [3.05, 3.63) is 24.0 Å². The van der Waals surface area contributed by atoms with Gasteiger partial charge in [0, 0.05) is 31.6 Å². The molecule has 2 fully saturated rings. The Morgan fingerprint density at radius 3 is 2.74 bits per heavy atom. The van der Waals surface area contributed by atoms with Gasteiger partial charge in [-0.1, -0.05) is 0 Å². The van der Waals surface area contributed by atoms with Gasteiger partial charge in [-0.15, -0.1) is 0 Å². The van der Waals surface area contributed by atoms with Gasteiger partial charge in [-0.3, -0.25) is 4.90 Å². The molecule has 2 aliphatic rings. The molecule has 8 heteroatoms. The fourth-order valence-corrected chi connectivity index (χ4v) is 4.73. The van der Waals surface area contributed by atoms with E-state index < -0.39 is 15.8 Å². The molecule has 6 nitrogen and oxygen atoms in total. The minimum Gasteiger partial charge on any atom is -0.494 e. The van der Waals surface area contributed by atoms with Crippen molar-refractivity contribution < 1.29 is 22.3 Å². The largest absolute Gasteiger partial charge is 0.494 e. The van der Waals surface area contributed by atoms with E-state index in [1.165, 1.54) is 23.5 Å². The molecule has 0 aromatic heterocycles. The monoisotopic (exact) mass is 344 g/mol. The minimum absolute atomic E-state index is 0.0142. The van der Waals surface area contributed by atoms with Gasteiger partial charge in [-0.05, 0) is 25.2 Å². The number of sulfonamides is 1. The molecule has 0 aliphatic carbocycles. The predicted octanol–water partition coefficient (Wildman–Crippen LogP) is 0.785. The third kappa shape index (κ3) is 3.21. The van der Waals surface area contributed by atoms with Gasteiger partial charge in [-0.25, -0.2) is 12.8 Å². The fraction of sp³-hybridized carbons (Fsp3) is 0.600. The molecule has 2 saturated heterocycles. The first-order valence-corrected chi connectivity index (χ1v) is 8.97. The van der Waals surface area contributed by atoms with Crippen LogP contribution in [0.3, 0.4) is 0 Å². The van der Waals surface area contributed by atoms with Gasteiger partial charge in [0.1, 0.15) is 0 Å². The summed E-state index contributed by atoms with van der Waals surface area (Å²) >= 11 is 0. The molecule has 2 heterocycles. The van der Waals surface area contributed by atoms with Crippen LogP contribution in [0.25, 0.3) is 0 Å². The maximum absolute atomic E-state index is 13.9. The van der Waals surface area contributed by atoms with Crippen LogP contribution >= 0.6 is 0 Å². The minimum atomic E-state index is -3.74. The van der Waals surface area contributed by atoms with Crippen molar-refractivity contribution in [2.45, 2.75) is 10.9 Å². The number of hydrogen-bond acceptors (Lipinski definition) is 5. The number of halogens is 1. The summed E-state index contributed by atoms with van der Waals surface area (Å²) in [4.78, 5) is 2.10. The van der Waals surface area contributed by atoms with Crippen molar-refractivity contribution in [3.8, 4) is 5.75 Å². The highest BCUT2D eigenvalue weighted by Gasteiger charge is 2.37. The first-order chi connectivity index (χ1) is 10.9. The van der Waals surface area contributed by atoms with Crippen molar-refractivity contribution in [3.63, 3.8) is 0 Å². The van der Waals surface area contributed by atoms with Gasteiger partial charge in [0.25, 0.3) is 0 Å². The van der Waals surface area contributed by atoms with Crippen molar-refractivity contribution in [1.29, 1.82) is 0 Å². The number of ether oxygens (including phenoxy) is 2. The van der Waals surface area contributed by atoms with E-state index in [4.69, 9.17) is 9.47 Å². The molecular formula is C15H21FN2O4S. The van der Waals surface area contributed by atoms with Gasteiger partial charge in [0.05, 0.1) is 25.2 Å². The lowest BCUT2D eigenvalue weighted by atomic mass is 10.1. The van der Waals surface area contributed by atoms with Crippen molar-refractivity contribution in [1.82, 2.24) is 9.21 Å². The van der Waals surface area contributed by atoms with E-state index in [1.54, 1.807) is 0 Å². The number of likely N-dealkylation sites (N-methyl/N-ethyl adjacent to an activating group) is 1. The van der Waals surface area contributed by atoms with Crippen molar-refractivity contribution >= 4 is 10.0 Å². The smallest absolute Gasteiger partial charge is 0.243 e. The molecule has 0 unspecified atom stereocenters. The average Bonchev–Trinajstić information content (AvgIpc) is 2.75. The summed E-state index contributed by atoms with van der Waals surface area (Å²) in [5.41, 5.74) is 0. The molecule has 2 aliphatic heterocycles. The van der Waals surface area contributed by atoms with Crippen LogP contribution in [-0.2, 0) is 14.8 Å². The Balaban J connectivity index is 1.91. The molecule has 0 amide bonds. The zero-order valence-electron chi connectivity index (χ0n) is 13.2. The topological polar surface area (TPSA) is 59.1 Å². The van der Waals surface area contributed by atoms with E-state index in [2.05, 4.69) is 4.90 Å². The highest BCUT2D eigenvalue weighted by atomic mass is 32.2. The number of fused-ring (bicyclic) bond motifs is 3. The van der Waals surface area contributed by atoms with E-state index in [9.17, 15) is 12.8 Å². The Morgan fingerprint density at radius 1 is 1.26 bits per heavy atom. The summed E-state index contributed by atoms with van der Waals surface area (Å²) in [6.07, 6.45) is 0. The Bertz CT molecular complexity index is 682. The van der Waals surface area contributed by atoms with Crippen LogP contribution in [0.5, 0.6) is 5.75 Å². The predicted molar refractivity (Wildman–Crippen MR) is 82.4 cm³/mol. The molecule has 0 radical (unpaired) electrons. The molecule has 128 valence electrons. The average molecular weight is 344 g/mol. The van der Waals surface area contributed by atoms with E-state index in [1.807, 2.05) is 7.05 Å². The second-order valence-electron chi connectivity index (χ2n) is 6.12. The lowest BCUT2D eigenvalue weighted by molar-refractivity contribution is 0.0727. The molecule has 23 heavy (non-hydrogen) atoms. The van der Waals surface area contributed by atoms with Crippen LogP contribution in [-0.4, -0.2) is 70.7 Å². The SMILES string of the molecule is COc1ccc(S(=O)(=O)N2C[C@@H]3COC[C@H](C2)N(C)C3)cc1F. The third-order valence-electron chi connectivity index (χ3n) is 4.47. The van der Waals surface area contributed by atoms with Crippen molar-refractivity contribution in [2.75, 3.05) is 47.0 Å². The summed E-state index contributed by atoms with van der Waals surface area (Å²) in [6.45, 7) is 2.59. The molecule has 2 bridgehead atoms. The number of methoxy groups -OCH3 is 1. The molecule has 1 aromatic carbocycles. The van der Waals surface area contributed by atoms with Crippen LogP contribution in [0, 0.1) is 11.7 Å². The number of hydrogen-bond donors (Lipinski definition) is 0. The number of rotatable bonds is 3. The van der Waals surface area contributed by atoms with E-state index in [-0.39, 0.29) is 22.6 Å². The zero-order valence-corrected chi connectivity index (χ0v) is 14.1. The van der Waals surface area contributed by atoms with E-state index >= 15 is 0 Å². The second-order valence-corrected chi connectivity index (χ2v) is 8.05. The summed E-state index contributed by atoms with van der Waals surface area (Å²) in [5.74, 6) is -0.528. The van der Waals surface area contributed by atoms with Crippen LogP contribution in [0.4, 0.5) is 4.39 Å². The number of benzene rings is 1. The van der Waals surface area contributed by atoms with Gasteiger partial charge >= 0.3 is 0 Å². The number of nitrogens with zero attached hydrogens (tertiary/aromatic N) is 2. The maximum Gasteiger partial charge on any atom is 0.243 e. The zero-order chi connectivity index (χ0) is 16.6.